The van der Waals surface area contributed by atoms with Gasteiger partial charge in [0.05, 0.1) is 17.7 Å². The number of hydrogen-bond acceptors (Lipinski definition) is 4. The lowest BCUT2D eigenvalue weighted by Crippen LogP contribution is -2.09. The Morgan fingerprint density at radius 3 is 2.56 bits per heavy atom. The van der Waals surface area contributed by atoms with Crippen molar-refractivity contribution in [1.29, 1.82) is 5.41 Å². The van der Waals surface area contributed by atoms with E-state index in [2.05, 4.69) is 0 Å². The highest BCUT2D eigenvalue weighted by Crippen LogP contribution is 2.42. The second-order valence-corrected chi connectivity index (χ2v) is 5.37. The molecule has 4 heteroatoms. The minimum atomic E-state index is -0.299. The molecule has 1 saturated carbocycles. The molecule has 0 radical (unpaired) electrons. The van der Waals surface area contributed by atoms with E-state index in [4.69, 9.17) is 10.1 Å². The predicted molar refractivity (Wildman–Crippen MR) is 74.8 cm³/mol. The van der Waals surface area contributed by atoms with Gasteiger partial charge < -0.3 is 4.74 Å². The van der Waals surface area contributed by atoms with Crippen molar-refractivity contribution in [2.24, 2.45) is 0 Å². The van der Waals surface area contributed by atoms with Crippen LogP contribution in [0.2, 0.25) is 0 Å². The molecule has 1 aliphatic carbocycles. The molecule has 0 spiro atoms. The van der Waals surface area contributed by atoms with Crippen LogP contribution in [0.4, 0.5) is 0 Å². The number of carbonyl (C=O) groups is 1. The number of hydrogen-bond donors (Lipinski definition) is 1. The first kappa shape index (κ1) is 13.1. The average molecular weight is 263 g/mol. The van der Waals surface area contributed by atoms with E-state index in [-0.39, 0.29) is 5.97 Å². The van der Waals surface area contributed by atoms with Crippen LogP contribution in [0.25, 0.3) is 0 Å². The smallest absolute Gasteiger partial charge is 0.338 e. The second-order valence-electron chi connectivity index (χ2n) is 4.55. The van der Waals surface area contributed by atoms with Gasteiger partial charge in [-0.05, 0) is 49.1 Å². The zero-order chi connectivity index (χ0) is 13.3. The summed E-state index contributed by atoms with van der Waals surface area (Å²) < 4.78 is 4.85. The van der Waals surface area contributed by atoms with Crippen molar-refractivity contribution in [2.45, 2.75) is 25.7 Å². The van der Waals surface area contributed by atoms with E-state index < -0.39 is 0 Å². The highest BCUT2D eigenvalue weighted by Gasteiger charge is 2.29. The third-order valence-electron chi connectivity index (χ3n) is 3.27. The molecule has 0 aliphatic heterocycles. The number of esters is 1. The monoisotopic (exact) mass is 263 g/mol. The van der Waals surface area contributed by atoms with E-state index in [0.29, 0.717) is 16.5 Å². The van der Waals surface area contributed by atoms with Gasteiger partial charge in [-0.3, -0.25) is 5.41 Å². The van der Waals surface area contributed by atoms with Crippen LogP contribution in [-0.4, -0.2) is 24.4 Å². The molecular weight excluding hydrogens is 246 g/mol. The van der Waals surface area contributed by atoms with Gasteiger partial charge in [0, 0.05) is 5.56 Å². The van der Waals surface area contributed by atoms with Gasteiger partial charge in [0.15, 0.2) is 0 Å². The highest BCUT2D eigenvalue weighted by atomic mass is 32.2. The highest BCUT2D eigenvalue weighted by molar-refractivity contribution is 8.13. The minimum absolute atomic E-state index is 0.299. The summed E-state index contributed by atoms with van der Waals surface area (Å²) in [4.78, 5) is 11.8. The van der Waals surface area contributed by atoms with Gasteiger partial charge in [0.25, 0.3) is 0 Å². The van der Waals surface area contributed by atoms with E-state index in [0.717, 1.165) is 29.5 Å². The largest absolute Gasteiger partial charge is 0.465 e. The van der Waals surface area contributed by atoms with E-state index >= 15 is 0 Å². The topological polar surface area (TPSA) is 50.2 Å². The molecule has 1 N–H and O–H groups in total. The summed E-state index contributed by atoms with van der Waals surface area (Å²) in [7, 11) is 1.40. The fourth-order valence-electron chi connectivity index (χ4n) is 2.10. The first-order chi connectivity index (χ1) is 8.58. The zero-order valence-electron chi connectivity index (χ0n) is 10.9. The summed E-state index contributed by atoms with van der Waals surface area (Å²) in [6.45, 7) is 1.99. The molecule has 0 amide bonds. The molecule has 1 aliphatic rings. The van der Waals surface area contributed by atoms with Crippen LogP contribution in [0.3, 0.4) is 0 Å². The van der Waals surface area contributed by atoms with Gasteiger partial charge in [-0.15, -0.1) is 11.8 Å². The van der Waals surface area contributed by atoms with Crippen LogP contribution >= 0.6 is 11.8 Å². The molecule has 0 aromatic heterocycles. The van der Waals surface area contributed by atoms with Gasteiger partial charge in [-0.25, -0.2) is 4.79 Å². The predicted octanol–water partition coefficient (Wildman–Crippen LogP) is 3.35. The number of nitrogens with one attached hydrogen (secondary N) is 1. The number of aryl methyl sites for hydroxylation is 1. The molecule has 3 nitrogen and oxygen atoms in total. The van der Waals surface area contributed by atoms with Crippen molar-refractivity contribution in [2.75, 3.05) is 13.4 Å². The average Bonchev–Trinajstić information content (AvgIpc) is 3.20. The van der Waals surface area contributed by atoms with E-state index in [9.17, 15) is 4.79 Å². The lowest BCUT2D eigenvalue weighted by Gasteiger charge is -2.13. The maximum atomic E-state index is 11.8. The van der Waals surface area contributed by atoms with Gasteiger partial charge in [0.1, 0.15) is 0 Å². The molecule has 0 unspecified atom stereocenters. The maximum Gasteiger partial charge on any atom is 0.338 e. The Balaban J connectivity index is 2.52. The Morgan fingerprint density at radius 2 is 2.06 bits per heavy atom. The van der Waals surface area contributed by atoms with E-state index in [1.54, 1.807) is 0 Å². The molecule has 0 heterocycles. The summed E-state index contributed by atoms with van der Waals surface area (Å²) in [5, 5.41) is 8.40. The van der Waals surface area contributed by atoms with Crippen molar-refractivity contribution < 1.29 is 9.53 Å². The molecule has 1 aromatic carbocycles. The van der Waals surface area contributed by atoms with Gasteiger partial charge in [-0.1, -0.05) is 6.07 Å². The third-order valence-corrected chi connectivity index (χ3v) is 3.90. The summed E-state index contributed by atoms with van der Waals surface area (Å²) in [6.07, 6.45) is 4.15. The van der Waals surface area contributed by atoms with Crippen LogP contribution in [0.15, 0.2) is 12.1 Å². The van der Waals surface area contributed by atoms with Crippen LogP contribution in [0.1, 0.15) is 45.8 Å². The molecule has 0 atom stereocenters. The Bertz CT molecular complexity index is 507. The van der Waals surface area contributed by atoms with Crippen LogP contribution in [-0.2, 0) is 4.74 Å². The summed E-state index contributed by atoms with van der Waals surface area (Å²) in [5.41, 5.74) is 3.59. The first-order valence-electron chi connectivity index (χ1n) is 5.94. The van der Waals surface area contributed by atoms with Gasteiger partial charge in [-0.2, -0.15) is 0 Å². The summed E-state index contributed by atoms with van der Waals surface area (Å²) in [6, 6.07) is 3.86. The molecule has 1 aromatic rings. The Hall–Kier alpha value is -1.29. The Kier molecular flexibility index (Phi) is 3.76. The molecule has 18 heavy (non-hydrogen) atoms. The number of carbonyl (C=O) groups excluding carboxylic acids is 1. The minimum Gasteiger partial charge on any atom is -0.465 e. The number of rotatable bonds is 3. The van der Waals surface area contributed by atoms with Gasteiger partial charge in [0.2, 0.25) is 0 Å². The lowest BCUT2D eigenvalue weighted by atomic mass is 9.96. The third kappa shape index (κ3) is 2.43. The maximum absolute atomic E-state index is 11.8. The van der Waals surface area contributed by atoms with E-state index in [1.807, 2.05) is 25.3 Å². The van der Waals surface area contributed by atoms with E-state index in [1.165, 1.54) is 18.9 Å². The number of thioether (sulfide) groups is 1. The van der Waals surface area contributed by atoms with Crippen LogP contribution in [0, 0.1) is 12.3 Å². The SMILES string of the molecule is COC(=O)c1cc(C(=N)SC)c(C)cc1C1CC1. The standard InChI is InChI=1S/C14H17NO2S/c1-8-6-11(9-4-5-9)12(14(16)17-2)7-10(8)13(15)18-3/h6-7,9,15H,4-5H2,1-3H3. The van der Waals surface area contributed by atoms with Crippen molar-refractivity contribution in [3.05, 3.63) is 34.4 Å². The lowest BCUT2D eigenvalue weighted by molar-refractivity contribution is 0.0599. The molecule has 2 rings (SSSR count). The molecule has 0 bridgehead atoms. The Morgan fingerprint density at radius 1 is 1.39 bits per heavy atom. The van der Waals surface area contributed by atoms with Crippen molar-refractivity contribution >= 4 is 22.8 Å². The van der Waals surface area contributed by atoms with Crippen molar-refractivity contribution in [3.8, 4) is 0 Å². The fourth-order valence-corrected chi connectivity index (χ4v) is 2.54. The van der Waals surface area contributed by atoms with Crippen molar-refractivity contribution in [1.82, 2.24) is 0 Å². The quantitative estimate of drug-likeness (QED) is 0.517. The number of benzene rings is 1. The van der Waals surface area contributed by atoms with Crippen LogP contribution in [0.5, 0.6) is 0 Å². The Labute approximate surface area is 111 Å². The normalized spacial score (nSPS) is 14.4. The van der Waals surface area contributed by atoms with Crippen LogP contribution < -0.4 is 0 Å². The fraction of sp³-hybridized carbons (Fsp3) is 0.429. The molecule has 1 fully saturated rings. The number of ether oxygens (including phenoxy) is 1. The second kappa shape index (κ2) is 5.14. The zero-order valence-corrected chi connectivity index (χ0v) is 11.7. The van der Waals surface area contributed by atoms with Gasteiger partial charge >= 0.3 is 5.97 Å². The first-order valence-corrected chi connectivity index (χ1v) is 7.16. The number of methoxy groups -OCH3 is 1. The summed E-state index contributed by atoms with van der Waals surface area (Å²) >= 11 is 1.38. The molecular formula is C14H17NO2S. The summed E-state index contributed by atoms with van der Waals surface area (Å²) in [5.74, 6) is 0.197. The molecule has 0 saturated heterocycles. The molecule has 96 valence electrons. The van der Waals surface area contributed by atoms with Crippen molar-refractivity contribution in [3.63, 3.8) is 0 Å².